The second-order valence-corrected chi connectivity index (χ2v) is 7.56. The molecule has 7 nitrogen and oxygen atoms in total. The predicted molar refractivity (Wildman–Crippen MR) is 128 cm³/mol. The van der Waals surface area contributed by atoms with E-state index in [9.17, 15) is 9.59 Å². The molecule has 0 spiro atoms. The van der Waals surface area contributed by atoms with Crippen molar-refractivity contribution in [3.05, 3.63) is 83.4 Å². The number of pyridine rings is 1. The van der Waals surface area contributed by atoms with Gasteiger partial charge in [-0.15, -0.1) is 0 Å². The minimum absolute atomic E-state index is 0.294. The first-order chi connectivity index (χ1) is 15.9. The smallest absolute Gasteiger partial charge is 0.257 e. The van der Waals surface area contributed by atoms with Crippen LogP contribution < -0.4 is 20.5 Å². The fraction of sp³-hybridized carbons (Fsp3) is 0.0800. The number of benzene rings is 3. The van der Waals surface area contributed by atoms with E-state index < -0.39 is 5.91 Å². The largest absolute Gasteiger partial charge is 0.497 e. The first-order valence-corrected chi connectivity index (χ1v) is 10.4. The normalized spacial score (nSPS) is 10.6. The van der Waals surface area contributed by atoms with Gasteiger partial charge in [0.1, 0.15) is 11.5 Å². The van der Waals surface area contributed by atoms with Gasteiger partial charge in [-0.3, -0.25) is 9.59 Å². The van der Waals surface area contributed by atoms with Crippen LogP contribution >= 0.6 is 11.6 Å². The van der Waals surface area contributed by atoms with E-state index >= 15 is 0 Å². The zero-order valence-corrected chi connectivity index (χ0v) is 18.4. The maximum Gasteiger partial charge on any atom is 0.257 e. The van der Waals surface area contributed by atoms with E-state index in [1.54, 1.807) is 55.6 Å². The molecule has 0 saturated carbocycles. The monoisotopic (exact) mass is 461 g/mol. The van der Waals surface area contributed by atoms with E-state index in [2.05, 4.69) is 5.32 Å². The predicted octanol–water partition coefficient (Wildman–Crippen LogP) is 4.68. The van der Waals surface area contributed by atoms with Crippen molar-refractivity contribution < 1.29 is 19.1 Å². The summed E-state index contributed by atoms with van der Waals surface area (Å²) >= 11 is 6.13. The summed E-state index contributed by atoms with van der Waals surface area (Å²) in [5, 5.41) is 3.80. The fourth-order valence-corrected chi connectivity index (χ4v) is 3.52. The summed E-state index contributed by atoms with van der Waals surface area (Å²) in [6, 6.07) is 21.2. The third-order valence-electron chi connectivity index (χ3n) is 4.90. The summed E-state index contributed by atoms with van der Waals surface area (Å²) in [6.07, 6.45) is 0. The van der Waals surface area contributed by atoms with Crippen LogP contribution in [0.1, 0.15) is 10.4 Å². The minimum atomic E-state index is -0.603. The van der Waals surface area contributed by atoms with Crippen molar-refractivity contribution >= 4 is 40.0 Å². The molecule has 166 valence electrons. The highest BCUT2D eigenvalue weighted by Gasteiger charge is 2.14. The lowest BCUT2D eigenvalue weighted by atomic mass is 10.1. The number of nitrogens with one attached hydrogen (secondary N) is 1. The van der Waals surface area contributed by atoms with Gasteiger partial charge in [0, 0.05) is 22.7 Å². The highest BCUT2D eigenvalue weighted by molar-refractivity contribution is 6.34. The molecule has 0 bridgehead atoms. The van der Waals surface area contributed by atoms with Crippen LogP contribution in [0.3, 0.4) is 0 Å². The minimum Gasteiger partial charge on any atom is -0.497 e. The quantitative estimate of drug-likeness (QED) is 0.416. The number of halogens is 1. The van der Waals surface area contributed by atoms with Crippen molar-refractivity contribution in [3.63, 3.8) is 0 Å². The van der Waals surface area contributed by atoms with Gasteiger partial charge in [0.05, 0.1) is 28.9 Å². The number of nitrogens with zero attached hydrogens (tertiary/aromatic N) is 1. The Morgan fingerprint density at radius 2 is 1.79 bits per heavy atom. The molecule has 2 amide bonds. The molecule has 8 heteroatoms. The van der Waals surface area contributed by atoms with Crippen LogP contribution in [0.25, 0.3) is 22.2 Å². The first kappa shape index (κ1) is 22.1. The Bertz CT molecular complexity index is 1340. The van der Waals surface area contributed by atoms with Crippen LogP contribution in [0.15, 0.2) is 72.8 Å². The second-order valence-electron chi connectivity index (χ2n) is 7.16. The molecule has 0 aliphatic rings. The highest BCUT2D eigenvalue weighted by Crippen LogP contribution is 2.33. The van der Waals surface area contributed by atoms with Gasteiger partial charge in [-0.25, -0.2) is 4.98 Å². The Morgan fingerprint density at radius 3 is 2.48 bits per heavy atom. The Kier molecular flexibility index (Phi) is 6.42. The summed E-state index contributed by atoms with van der Waals surface area (Å²) in [7, 11) is 1.60. The van der Waals surface area contributed by atoms with Crippen LogP contribution in [-0.4, -0.2) is 30.5 Å². The molecule has 1 aromatic heterocycles. The Hall–Kier alpha value is -4.10. The van der Waals surface area contributed by atoms with E-state index in [-0.39, 0.29) is 12.5 Å². The second kappa shape index (κ2) is 9.58. The summed E-state index contributed by atoms with van der Waals surface area (Å²) in [6.45, 7) is -0.294. The summed E-state index contributed by atoms with van der Waals surface area (Å²) < 4.78 is 10.9. The van der Waals surface area contributed by atoms with Crippen LogP contribution in [0, 0.1) is 0 Å². The fourth-order valence-electron chi connectivity index (χ4n) is 3.29. The van der Waals surface area contributed by atoms with Gasteiger partial charge in [0.2, 0.25) is 0 Å². The Morgan fingerprint density at radius 1 is 1.03 bits per heavy atom. The standard InChI is InChI=1S/C25H20ClN3O4/c1-32-17-9-6-15(7-10-17)22-13-23(33-14-24(27)30)19-12-16(8-11-21(19)29-22)28-25(31)18-4-2-3-5-20(18)26/h2-13H,14H2,1H3,(H2,27,30)(H,28,31). The number of rotatable bonds is 7. The van der Waals surface area contributed by atoms with Crippen LogP contribution in [0.2, 0.25) is 5.02 Å². The van der Waals surface area contributed by atoms with E-state index in [1.807, 2.05) is 24.3 Å². The maximum absolute atomic E-state index is 12.6. The van der Waals surface area contributed by atoms with Gasteiger partial charge in [-0.1, -0.05) is 23.7 Å². The summed E-state index contributed by atoms with van der Waals surface area (Å²) in [5.41, 5.74) is 8.28. The number of methoxy groups -OCH3 is 1. The molecule has 1 heterocycles. The molecule has 0 radical (unpaired) electrons. The van der Waals surface area contributed by atoms with Gasteiger partial charge in [0.25, 0.3) is 11.8 Å². The van der Waals surface area contributed by atoms with Crippen molar-refractivity contribution in [1.82, 2.24) is 4.98 Å². The number of carbonyl (C=O) groups excluding carboxylic acids is 2. The van der Waals surface area contributed by atoms with Crippen molar-refractivity contribution in [3.8, 4) is 22.8 Å². The lowest BCUT2D eigenvalue weighted by Gasteiger charge is -2.13. The van der Waals surface area contributed by atoms with E-state index in [1.165, 1.54) is 0 Å². The molecule has 3 N–H and O–H groups in total. The number of aromatic nitrogens is 1. The number of carbonyl (C=O) groups is 2. The lowest BCUT2D eigenvalue weighted by Crippen LogP contribution is -2.20. The van der Waals surface area contributed by atoms with Crippen LogP contribution in [0.4, 0.5) is 5.69 Å². The molecular weight excluding hydrogens is 442 g/mol. The molecule has 3 aromatic carbocycles. The molecular formula is C25H20ClN3O4. The molecule has 33 heavy (non-hydrogen) atoms. The number of nitrogens with two attached hydrogens (primary N) is 1. The number of anilines is 1. The highest BCUT2D eigenvalue weighted by atomic mass is 35.5. The van der Waals surface area contributed by atoms with Crippen molar-refractivity contribution in [2.24, 2.45) is 5.73 Å². The number of fused-ring (bicyclic) bond motifs is 1. The average Bonchev–Trinajstić information content (AvgIpc) is 2.82. The van der Waals surface area contributed by atoms with Gasteiger partial charge in [-0.2, -0.15) is 0 Å². The zero-order valence-electron chi connectivity index (χ0n) is 17.7. The number of primary amides is 1. The molecule has 4 rings (SSSR count). The number of hydrogen-bond donors (Lipinski definition) is 2. The average molecular weight is 462 g/mol. The van der Waals surface area contributed by atoms with E-state index in [4.69, 9.17) is 31.8 Å². The van der Waals surface area contributed by atoms with Gasteiger partial charge < -0.3 is 20.5 Å². The van der Waals surface area contributed by atoms with Crippen LogP contribution in [-0.2, 0) is 4.79 Å². The van der Waals surface area contributed by atoms with Crippen molar-refractivity contribution in [2.75, 3.05) is 19.0 Å². The Balaban J connectivity index is 1.72. The molecule has 0 aliphatic heterocycles. The third kappa shape index (κ3) is 5.05. The Labute approximate surface area is 195 Å². The number of hydrogen-bond acceptors (Lipinski definition) is 5. The maximum atomic E-state index is 12.6. The van der Waals surface area contributed by atoms with Gasteiger partial charge in [0.15, 0.2) is 6.61 Å². The van der Waals surface area contributed by atoms with Crippen molar-refractivity contribution in [1.29, 1.82) is 0 Å². The van der Waals surface area contributed by atoms with E-state index in [0.29, 0.717) is 38.6 Å². The van der Waals surface area contributed by atoms with Crippen molar-refractivity contribution in [2.45, 2.75) is 0 Å². The SMILES string of the molecule is COc1ccc(-c2cc(OCC(N)=O)c3cc(NC(=O)c4ccccc4Cl)ccc3n2)cc1. The van der Waals surface area contributed by atoms with Gasteiger partial charge in [-0.05, 0) is 54.6 Å². The molecule has 0 atom stereocenters. The van der Waals surface area contributed by atoms with Crippen LogP contribution in [0.5, 0.6) is 11.5 Å². The van der Waals surface area contributed by atoms with Gasteiger partial charge >= 0.3 is 0 Å². The molecule has 0 fully saturated rings. The molecule has 4 aromatic rings. The summed E-state index contributed by atoms with van der Waals surface area (Å²) in [4.78, 5) is 28.7. The molecule has 0 aliphatic carbocycles. The first-order valence-electron chi connectivity index (χ1n) is 10.0. The third-order valence-corrected chi connectivity index (χ3v) is 5.23. The van der Waals surface area contributed by atoms with E-state index in [0.717, 1.165) is 11.3 Å². The molecule has 0 saturated heterocycles. The lowest BCUT2D eigenvalue weighted by molar-refractivity contribution is -0.119. The zero-order chi connectivity index (χ0) is 23.4. The molecule has 0 unspecified atom stereocenters. The topological polar surface area (TPSA) is 104 Å². The summed E-state index contributed by atoms with van der Waals surface area (Å²) in [5.74, 6) is 0.193. The number of amides is 2. The number of ether oxygens (including phenoxy) is 2.